The first kappa shape index (κ1) is 30.4. The summed E-state index contributed by atoms with van der Waals surface area (Å²) in [4.78, 5) is 38.1. The van der Waals surface area contributed by atoms with E-state index in [4.69, 9.17) is 9.47 Å². The molecule has 0 aliphatic heterocycles. The number of alkyl halides is 3. The van der Waals surface area contributed by atoms with Crippen molar-refractivity contribution < 1.29 is 37.0 Å². The number of hydrogen-bond acceptors (Lipinski definition) is 6. The Morgan fingerprint density at radius 2 is 1.66 bits per heavy atom. The third-order valence-electron chi connectivity index (χ3n) is 5.40. The fraction of sp³-hybridized carbons (Fsp3) is 0.393. The van der Waals surface area contributed by atoms with Crippen LogP contribution in [0.5, 0.6) is 0 Å². The highest BCUT2D eigenvalue weighted by Gasteiger charge is 2.37. The van der Waals surface area contributed by atoms with Gasteiger partial charge in [-0.3, -0.25) is 4.79 Å². The second-order valence-electron chi connectivity index (χ2n) is 9.88. The Kier molecular flexibility index (Phi) is 10.1. The molecular weight excluding hydrogens is 501 g/mol. The van der Waals surface area contributed by atoms with Crippen LogP contribution in [0, 0.1) is 0 Å². The SMILES string of the molecule is COC(=O)[C@H](Cc1cccc(C/C(C=O)=C(/c2cccc(N(C)C)c2)C(F)(F)F)c1)NC(=O)OC(C)(C)C. The molecule has 0 saturated carbocycles. The number of esters is 1. The minimum absolute atomic E-state index is 0.00307. The minimum Gasteiger partial charge on any atom is -0.467 e. The van der Waals surface area contributed by atoms with Gasteiger partial charge in [-0.2, -0.15) is 13.2 Å². The number of aldehydes is 1. The Labute approximate surface area is 220 Å². The number of benzene rings is 2. The van der Waals surface area contributed by atoms with Crippen molar-refractivity contribution in [1.29, 1.82) is 0 Å². The normalized spacial score (nSPS) is 13.2. The number of halogens is 3. The molecule has 0 fully saturated rings. The Morgan fingerprint density at radius 1 is 1.03 bits per heavy atom. The molecule has 0 aromatic heterocycles. The molecule has 7 nitrogen and oxygen atoms in total. The topological polar surface area (TPSA) is 84.9 Å². The van der Waals surface area contributed by atoms with Crippen molar-refractivity contribution in [2.24, 2.45) is 0 Å². The number of carbonyl (C=O) groups is 3. The molecule has 0 unspecified atom stereocenters. The predicted octanol–water partition coefficient (Wildman–Crippen LogP) is 5.12. The molecule has 2 aromatic carbocycles. The number of ether oxygens (including phenoxy) is 2. The summed E-state index contributed by atoms with van der Waals surface area (Å²) in [6.07, 6.45) is -5.66. The number of hydrogen-bond donors (Lipinski definition) is 1. The van der Waals surface area contributed by atoms with Gasteiger partial charge in [-0.25, -0.2) is 9.59 Å². The number of alkyl carbamates (subject to hydrolysis) is 1. The van der Waals surface area contributed by atoms with Crippen molar-refractivity contribution in [3.05, 3.63) is 70.8 Å². The maximum Gasteiger partial charge on any atom is 0.417 e. The smallest absolute Gasteiger partial charge is 0.417 e. The van der Waals surface area contributed by atoms with Gasteiger partial charge in [0.25, 0.3) is 0 Å². The number of nitrogens with one attached hydrogen (secondary N) is 1. The van der Waals surface area contributed by atoms with Gasteiger partial charge in [0.15, 0.2) is 0 Å². The molecule has 1 amide bonds. The van der Waals surface area contributed by atoms with Crippen LogP contribution in [0.1, 0.15) is 37.5 Å². The number of rotatable bonds is 9. The lowest BCUT2D eigenvalue weighted by molar-refractivity contribution is -0.143. The third-order valence-corrected chi connectivity index (χ3v) is 5.40. The molecule has 0 bridgehead atoms. The van der Waals surface area contributed by atoms with Crippen LogP contribution in [0.15, 0.2) is 54.1 Å². The standard InChI is InChI=1S/C28H33F3N2O5/c1-27(2,3)38-26(36)32-23(25(35)37-6)15-19-10-7-9-18(13-19)14-21(17-34)24(28(29,30)31)20-11-8-12-22(16-20)33(4)5/h7-13,16-17,23H,14-15H2,1-6H3,(H,32,36)/b24-21+/t23-/m0/s1. The molecule has 1 N–H and O–H groups in total. The monoisotopic (exact) mass is 534 g/mol. The van der Waals surface area contributed by atoms with E-state index in [2.05, 4.69) is 5.32 Å². The number of nitrogens with zero attached hydrogens (tertiary/aromatic N) is 1. The van der Waals surface area contributed by atoms with Crippen LogP contribution in [-0.2, 0) is 31.9 Å². The van der Waals surface area contributed by atoms with Crippen molar-refractivity contribution in [3.63, 3.8) is 0 Å². The number of methoxy groups -OCH3 is 1. The average molecular weight is 535 g/mol. The first-order valence-corrected chi connectivity index (χ1v) is 11.8. The molecule has 1 atom stereocenters. The van der Waals surface area contributed by atoms with E-state index in [9.17, 15) is 27.6 Å². The van der Waals surface area contributed by atoms with Crippen LogP contribution >= 0.6 is 0 Å². The molecule has 0 aliphatic carbocycles. The molecule has 10 heteroatoms. The van der Waals surface area contributed by atoms with Gasteiger partial charge in [-0.1, -0.05) is 36.4 Å². The molecule has 2 aromatic rings. The van der Waals surface area contributed by atoms with Crippen molar-refractivity contribution in [2.75, 3.05) is 26.1 Å². The van der Waals surface area contributed by atoms with Crippen LogP contribution < -0.4 is 10.2 Å². The van der Waals surface area contributed by atoms with E-state index in [-0.39, 0.29) is 24.7 Å². The minimum atomic E-state index is -4.77. The van der Waals surface area contributed by atoms with Crippen LogP contribution in [0.2, 0.25) is 0 Å². The maximum absolute atomic E-state index is 14.2. The summed E-state index contributed by atoms with van der Waals surface area (Å²) in [6, 6.07) is 11.2. The Balaban J connectivity index is 2.40. The Bertz CT molecular complexity index is 1180. The first-order chi connectivity index (χ1) is 17.6. The summed E-state index contributed by atoms with van der Waals surface area (Å²) in [5.41, 5.74) is -0.817. The van der Waals surface area contributed by atoms with Gasteiger partial charge in [-0.15, -0.1) is 0 Å². The Morgan fingerprint density at radius 3 is 2.21 bits per heavy atom. The molecule has 0 aliphatic rings. The molecule has 0 saturated heterocycles. The summed E-state index contributed by atoms with van der Waals surface area (Å²) in [7, 11) is 4.59. The van der Waals surface area contributed by atoms with Gasteiger partial charge >= 0.3 is 18.2 Å². The second kappa shape index (κ2) is 12.6. The van der Waals surface area contributed by atoms with Crippen LogP contribution in [-0.4, -0.2) is 57.4 Å². The quantitative estimate of drug-likeness (QED) is 0.273. The van der Waals surface area contributed by atoms with Gasteiger partial charge in [0.2, 0.25) is 0 Å². The van der Waals surface area contributed by atoms with Crippen LogP contribution in [0.25, 0.3) is 5.57 Å². The van der Waals surface area contributed by atoms with E-state index in [0.717, 1.165) is 0 Å². The fourth-order valence-corrected chi connectivity index (χ4v) is 3.77. The zero-order chi connectivity index (χ0) is 28.7. The fourth-order valence-electron chi connectivity index (χ4n) is 3.77. The Hall–Kier alpha value is -3.82. The molecule has 2 rings (SSSR count). The van der Waals surface area contributed by atoms with E-state index in [1.54, 1.807) is 70.1 Å². The van der Waals surface area contributed by atoms with Crippen molar-refractivity contribution in [3.8, 4) is 0 Å². The van der Waals surface area contributed by atoms with Crippen molar-refractivity contribution >= 4 is 29.6 Å². The molecule has 0 heterocycles. The van der Waals surface area contributed by atoms with E-state index >= 15 is 0 Å². The van der Waals surface area contributed by atoms with Crippen LogP contribution in [0.3, 0.4) is 0 Å². The zero-order valence-corrected chi connectivity index (χ0v) is 22.3. The molecule has 38 heavy (non-hydrogen) atoms. The van der Waals surface area contributed by atoms with E-state index < -0.39 is 41.0 Å². The lowest BCUT2D eigenvalue weighted by Crippen LogP contribution is -2.45. The molecule has 0 radical (unpaired) electrons. The summed E-state index contributed by atoms with van der Waals surface area (Å²) in [5.74, 6) is -0.713. The predicted molar refractivity (Wildman–Crippen MR) is 139 cm³/mol. The zero-order valence-electron chi connectivity index (χ0n) is 22.3. The summed E-state index contributed by atoms with van der Waals surface area (Å²) in [5, 5.41) is 2.46. The number of anilines is 1. The van der Waals surface area contributed by atoms with Gasteiger partial charge in [0, 0.05) is 38.2 Å². The number of carbonyl (C=O) groups excluding carboxylic acids is 3. The third kappa shape index (κ3) is 8.93. The lowest BCUT2D eigenvalue weighted by atomic mass is 9.93. The second-order valence-corrected chi connectivity index (χ2v) is 9.88. The van der Waals surface area contributed by atoms with Gasteiger partial charge in [0.05, 0.1) is 12.7 Å². The molecular formula is C28H33F3N2O5. The first-order valence-electron chi connectivity index (χ1n) is 11.8. The lowest BCUT2D eigenvalue weighted by Gasteiger charge is -2.22. The number of allylic oxidation sites excluding steroid dienone is 2. The van der Waals surface area contributed by atoms with E-state index in [0.29, 0.717) is 16.8 Å². The highest BCUT2D eigenvalue weighted by Crippen LogP contribution is 2.38. The largest absolute Gasteiger partial charge is 0.467 e. The molecule has 0 spiro atoms. The van der Waals surface area contributed by atoms with Crippen molar-refractivity contribution in [1.82, 2.24) is 5.32 Å². The highest BCUT2D eigenvalue weighted by atomic mass is 19.4. The van der Waals surface area contributed by atoms with Crippen molar-refractivity contribution in [2.45, 2.75) is 51.4 Å². The number of amides is 1. The summed E-state index contributed by atoms with van der Waals surface area (Å²) < 4.78 is 52.5. The molecule has 206 valence electrons. The van der Waals surface area contributed by atoms with E-state index in [1.807, 2.05) is 0 Å². The van der Waals surface area contributed by atoms with Gasteiger partial charge in [-0.05, 0) is 49.6 Å². The van der Waals surface area contributed by atoms with Gasteiger partial charge in [0.1, 0.15) is 17.9 Å². The van der Waals surface area contributed by atoms with Gasteiger partial charge < -0.3 is 19.7 Å². The van der Waals surface area contributed by atoms with Crippen LogP contribution in [0.4, 0.5) is 23.7 Å². The maximum atomic E-state index is 14.2. The average Bonchev–Trinajstić information content (AvgIpc) is 2.81. The van der Waals surface area contributed by atoms with E-state index in [1.165, 1.54) is 25.3 Å². The summed E-state index contributed by atoms with van der Waals surface area (Å²) in [6.45, 7) is 5.02. The summed E-state index contributed by atoms with van der Waals surface area (Å²) >= 11 is 0. The highest BCUT2D eigenvalue weighted by molar-refractivity contribution is 5.91.